The van der Waals surface area contributed by atoms with Gasteiger partial charge in [0, 0.05) is 12.5 Å². The lowest BCUT2D eigenvalue weighted by Gasteiger charge is -2.19. The van der Waals surface area contributed by atoms with E-state index < -0.39 is 31.4 Å². The zero-order valence-corrected chi connectivity index (χ0v) is 10.00. The number of hydrogen-bond donors (Lipinski definition) is 1. The molecule has 8 heteroatoms. The van der Waals surface area contributed by atoms with E-state index in [1.807, 2.05) is 6.92 Å². The highest BCUT2D eigenvalue weighted by molar-refractivity contribution is 4.68. The van der Waals surface area contributed by atoms with Crippen molar-refractivity contribution in [1.82, 2.24) is 5.32 Å². The fourth-order valence-corrected chi connectivity index (χ4v) is 1.25. The maximum Gasteiger partial charge on any atom is 0.411 e. The molecule has 1 atom stereocenters. The van der Waals surface area contributed by atoms with Gasteiger partial charge in [-0.15, -0.1) is 0 Å². The monoisotopic (exact) mass is 281 g/mol. The molecule has 1 N–H and O–H groups in total. The van der Waals surface area contributed by atoms with Crippen molar-refractivity contribution in [3.8, 4) is 0 Å². The summed E-state index contributed by atoms with van der Waals surface area (Å²) >= 11 is 0. The Hall–Kier alpha value is -0.500. The second-order valence-corrected chi connectivity index (χ2v) is 3.94. The number of alkyl halides is 6. The highest BCUT2D eigenvalue weighted by Gasteiger charge is 2.30. The zero-order valence-electron chi connectivity index (χ0n) is 10.00. The van der Waals surface area contributed by atoms with Gasteiger partial charge < -0.3 is 10.1 Å². The minimum Gasteiger partial charge on any atom is -0.370 e. The van der Waals surface area contributed by atoms with Crippen LogP contribution in [-0.4, -0.2) is 38.2 Å². The van der Waals surface area contributed by atoms with E-state index in [4.69, 9.17) is 0 Å². The van der Waals surface area contributed by atoms with Crippen LogP contribution in [0.3, 0.4) is 0 Å². The topological polar surface area (TPSA) is 21.3 Å². The molecule has 0 bridgehead atoms. The Labute approximate surface area is 102 Å². The van der Waals surface area contributed by atoms with Crippen molar-refractivity contribution in [3.63, 3.8) is 0 Å². The summed E-state index contributed by atoms with van der Waals surface area (Å²) in [6, 6.07) is -0.714. The molecule has 0 aliphatic heterocycles. The molecule has 0 aliphatic rings. The Kier molecular flexibility index (Phi) is 7.61. The lowest BCUT2D eigenvalue weighted by atomic mass is 10.1. The fourth-order valence-electron chi connectivity index (χ4n) is 1.25. The van der Waals surface area contributed by atoms with Crippen LogP contribution in [0.1, 0.15) is 26.2 Å². The second-order valence-electron chi connectivity index (χ2n) is 3.94. The number of hydrogen-bond acceptors (Lipinski definition) is 2. The minimum absolute atomic E-state index is 0.290. The van der Waals surface area contributed by atoms with Gasteiger partial charge in [-0.2, -0.15) is 26.3 Å². The Morgan fingerprint density at radius 2 is 1.67 bits per heavy atom. The molecule has 1 unspecified atom stereocenters. The highest BCUT2D eigenvalue weighted by atomic mass is 19.4. The van der Waals surface area contributed by atoms with Gasteiger partial charge >= 0.3 is 12.4 Å². The van der Waals surface area contributed by atoms with E-state index in [0.29, 0.717) is 13.0 Å². The van der Waals surface area contributed by atoms with Crippen LogP contribution in [0.4, 0.5) is 26.3 Å². The predicted molar refractivity (Wildman–Crippen MR) is 54.2 cm³/mol. The number of ether oxygens (including phenoxy) is 1. The zero-order chi connectivity index (χ0) is 14.2. The maximum atomic E-state index is 12.0. The summed E-state index contributed by atoms with van der Waals surface area (Å²) in [5.74, 6) is 0. The first-order valence-corrected chi connectivity index (χ1v) is 5.58. The third-order valence-corrected chi connectivity index (χ3v) is 2.04. The third-order valence-electron chi connectivity index (χ3n) is 2.04. The standard InChI is InChI=1S/C10H17F6NO/c1-2-5-17-8(3-4-9(11,12)13)6-18-7-10(14,15)16/h8,17H,2-7H2,1H3. The van der Waals surface area contributed by atoms with Crippen LogP contribution >= 0.6 is 0 Å². The molecule has 0 radical (unpaired) electrons. The van der Waals surface area contributed by atoms with Gasteiger partial charge in [0.2, 0.25) is 0 Å². The van der Waals surface area contributed by atoms with Gasteiger partial charge in [0.05, 0.1) is 6.61 Å². The second kappa shape index (κ2) is 7.83. The molecule has 0 aromatic rings. The summed E-state index contributed by atoms with van der Waals surface area (Å²) in [4.78, 5) is 0. The average molecular weight is 281 g/mol. The smallest absolute Gasteiger partial charge is 0.370 e. The quantitative estimate of drug-likeness (QED) is 0.689. The molecular weight excluding hydrogens is 264 g/mol. The predicted octanol–water partition coefficient (Wildman–Crippen LogP) is 3.28. The molecule has 0 rings (SSSR count). The van der Waals surface area contributed by atoms with Gasteiger partial charge in [-0.05, 0) is 19.4 Å². The maximum absolute atomic E-state index is 12.0. The van der Waals surface area contributed by atoms with E-state index in [0.717, 1.165) is 0 Å². The van der Waals surface area contributed by atoms with Crippen molar-refractivity contribution in [2.75, 3.05) is 19.8 Å². The molecule has 0 aromatic heterocycles. The largest absolute Gasteiger partial charge is 0.411 e. The minimum atomic E-state index is -4.46. The highest BCUT2D eigenvalue weighted by Crippen LogP contribution is 2.22. The van der Waals surface area contributed by atoms with Crippen molar-refractivity contribution in [2.24, 2.45) is 0 Å². The van der Waals surface area contributed by atoms with Gasteiger partial charge in [0.1, 0.15) is 6.61 Å². The van der Waals surface area contributed by atoms with E-state index in [2.05, 4.69) is 10.1 Å². The van der Waals surface area contributed by atoms with Crippen molar-refractivity contribution >= 4 is 0 Å². The molecule has 0 saturated heterocycles. The summed E-state index contributed by atoms with van der Waals surface area (Å²) < 4.78 is 75.8. The van der Waals surface area contributed by atoms with E-state index >= 15 is 0 Å². The normalized spacial score (nSPS) is 14.8. The first kappa shape index (κ1) is 17.5. The number of halogens is 6. The van der Waals surface area contributed by atoms with E-state index in [-0.39, 0.29) is 13.0 Å². The van der Waals surface area contributed by atoms with E-state index in [1.165, 1.54) is 0 Å². The van der Waals surface area contributed by atoms with Crippen molar-refractivity contribution in [2.45, 2.75) is 44.6 Å². The summed E-state index contributed by atoms with van der Waals surface area (Å²) in [5, 5.41) is 2.74. The van der Waals surface area contributed by atoms with Gasteiger partial charge in [0.15, 0.2) is 0 Å². The van der Waals surface area contributed by atoms with Crippen LogP contribution in [-0.2, 0) is 4.74 Å². The van der Waals surface area contributed by atoms with Crippen LogP contribution in [0.5, 0.6) is 0 Å². The molecule has 0 saturated carbocycles. The fraction of sp³-hybridized carbons (Fsp3) is 1.00. The summed E-state index contributed by atoms with van der Waals surface area (Å²) in [6.45, 7) is 0.432. The Morgan fingerprint density at radius 3 is 2.11 bits per heavy atom. The average Bonchev–Trinajstić information content (AvgIpc) is 2.18. The van der Waals surface area contributed by atoms with Crippen LogP contribution in [0.2, 0.25) is 0 Å². The third kappa shape index (κ3) is 12.0. The molecule has 0 amide bonds. The lowest BCUT2D eigenvalue weighted by molar-refractivity contribution is -0.176. The summed E-state index contributed by atoms with van der Waals surface area (Å²) in [7, 11) is 0. The molecule has 0 heterocycles. The van der Waals surface area contributed by atoms with Gasteiger partial charge in [0.25, 0.3) is 0 Å². The van der Waals surface area contributed by atoms with Crippen LogP contribution in [0, 0.1) is 0 Å². The van der Waals surface area contributed by atoms with Crippen molar-refractivity contribution in [3.05, 3.63) is 0 Å². The molecule has 2 nitrogen and oxygen atoms in total. The number of rotatable bonds is 8. The number of nitrogens with one attached hydrogen (secondary N) is 1. The molecular formula is C10H17F6NO. The molecule has 18 heavy (non-hydrogen) atoms. The molecule has 0 fully saturated rings. The van der Waals surface area contributed by atoms with Crippen LogP contribution < -0.4 is 5.32 Å². The van der Waals surface area contributed by atoms with Gasteiger partial charge in [-0.1, -0.05) is 6.92 Å². The van der Waals surface area contributed by atoms with E-state index in [1.54, 1.807) is 0 Å². The summed E-state index contributed by atoms with van der Waals surface area (Å²) in [5.41, 5.74) is 0. The summed E-state index contributed by atoms with van der Waals surface area (Å²) in [6.07, 6.45) is -9.41. The van der Waals surface area contributed by atoms with Crippen LogP contribution in [0.15, 0.2) is 0 Å². The Morgan fingerprint density at radius 1 is 1.06 bits per heavy atom. The van der Waals surface area contributed by atoms with E-state index in [9.17, 15) is 26.3 Å². The van der Waals surface area contributed by atoms with Crippen molar-refractivity contribution in [1.29, 1.82) is 0 Å². The van der Waals surface area contributed by atoms with Gasteiger partial charge in [-0.25, -0.2) is 0 Å². The Balaban J connectivity index is 3.99. The first-order valence-electron chi connectivity index (χ1n) is 5.58. The first-order chi connectivity index (χ1) is 8.14. The molecule has 110 valence electrons. The molecule has 0 aromatic carbocycles. The lowest BCUT2D eigenvalue weighted by Crippen LogP contribution is -2.36. The van der Waals surface area contributed by atoms with Gasteiger partial charge in [-0.3, -0.25) is 0 Å². The van der Waals surface area contributed by atoms with Crippen LogP contribution in [0.25, 0.3) is 0 Å². The van der Waals surface area contributed by atoms with Crippen molar-refractivity contribution < 1.29 is 31.1 Å². The SMILES string of the molecule is CCCNC(CCC(F)(F)F)COCC(F)(F)F. The molecule has 0 aliphatic carbocycles. The Bertz CT molecular complexity index is 215. The molecule has 0 spiro atoms.